The van der Waals surface area contributed by atoms with Gasteiger partial charge in [0, 0.05) is 32.7 Å². The number of rotatable bonds is 4. The summed E-state index contributed by atoms with van der Waals surface area (Å²) in [6, 6.07) is 0. The maximum atomic E-state index is 11.9. The first-order valence-electron chi connectivity index (χ1n) is 5.83. The number of nitrogens with zero attached hydrogens (tertiary/aromatic N) is 1. The van der Waals surface area contributed by atoms with E-state index in [0.29, 0.717) is 0 Å². The van der Waals surface area contributed by atoms with Gasteiger partial charge in [0.15, 0.2) is 0 Å². The van der Waals surface area contributed by atoms with Crippen LogP contribution in [0.5, 0.6) is 0 Å². The Bertz CT molecular complexity index is 210. The largest absolute Gasteiger partial charge is 0.355 e. The zero-order valence-electron chi connectivity index (χ0n) is 10.1. The minimum absolute atomic E-state index is 0.145. The Balaban J connectivity index is 2.51. The molecule has 1 saturated heterocycles. The lowest BCUT2D eigenvalue weighted by Crippen LogP contribution is -2.60. The standard InChI is InChI=1S/C11H23N3O/c1-4-5-13-10(15)11(2,3)14-8-6-12-7-9-14/h12H,4-9H2,1-3H3,(H,13,15). The molecular weight excluding hydrogens is 190 g/mol. The predicted molar refractivity (Wildman–Crippen MR) is 61.8 cm³/mol. The Morgan fingerprint density at radius 2 is 2.00 bits per heavy atom. The zero-order valence-corrected chi connectivity index (χ0v) is 10.1. The smallest absolute Gasteiger partial charge is 0.239 e. The van der Waals surface area contributed by atoms with Gasteiger partial charge in [0.05, 0.1) is 5.54 Å². The normalized spacial score (nSPS) is 18.9. The van der Waals surface area contributed by atoms with Crippen molar-refractivity contribution in [1.82, 2.24) is 15.5 Å². The van der Waals surface area contributed by atoms with Crippen molar-refractivity contribution < 1.29 is 4.79 Å². The Hall–Kier alpha value is -0.610. The van der Waals surface area contributed by atoms with Crippen LogP contribution in [0.25, 0.3) is 0 Å². The molecule has 1 heterocycles. The maximum absolute atomic E-state index is 11.9. The van der Waals surface area contributed by atoms with Gasteiger partial charge < -0.3 is 10.6 Å². The van der Waals surface area contributed by atoms with Crippen LogP contribution >= 0.6 is 0 Å². The summed E-state index contributed by atoms with van der Waals surface area (Å²) in [7, 11) is 0. The lowest BCUT2D eigenvalue weighted by molar-refractivity contribution is -0.132. The molecule has 0 aliphatic carbocycles. The van der Waals surface area contributed by atoms with Crippen LogP contribution in [-0.4, -0.2) is 49.1 Å². The molecule has 1 rings (SSSR count). The molecule has 4 heteroatoms. The molecule has 0 spiro atoms. The molecule has 0 unspecified atom stereocenters. The summed E-state index contributed by atoms with van der Waals surface area (Å²) in [5.41, 5.74) is -0.378. The van der Waals surface area contributed by atoms with E-state index in [4.69, 9.17) is 0 Å². The molecule has 1 aliphatic heterocycles. The second-order valence-corrected chi connectivity index (χ2v) is 4.55. The van der Waals surface area contributed by atoms with Gasteiger partial charge in [-0.05, 0) is 20.3 Å². The molecule has 4 nitrogen and oxygen atoms in total. The number of carbonyl (C=O) groups excluding carboxylic acids is 1. The van der Waals surface area contributed by atoms with Gasteiger partial charge in [0.1, 0.15) is 0 Å². The molecule has 0 atom stereocenters. The molecule has 15 heavy (non-hydrogen) atoms. The molecule has 0 bridgehead atoms. The van der Waals surface area contributed by atoms with Crippen molar-refractivity contribution in [2.45, 2.75) is 32.7 Å². The zero-order chi connectivity index (χ0) is 11.3. The highest BCUT2D eigenvalue weighted by molar-refractivity contribution is 5.85. The summed E-state index contributed by atoms with van der Waals surface area (Å²) in [4.78, 5) is 14.2. The Kier molecular flexibility index (Phi) is 4.54. The van der Waals surface area contributed by atoms with E-state index in [1.165, 1.54) is 0 Å². The molecule has 1 aliphatic rings. The molecule has 0 radical (unpaired) electrons. The number of hydrogen-bond acceptors (Lipinski definition) is 3. The van der Waals surface area contributed by atoms with Crippen LogP contribution in [0.15, 0.2) is 0 Å². The first-order chi connectivity index (χ1) is 7.09. The third kappa shape index (κ3) is 3.18. The van der Waals surface area contributed by atoms with Crippen LogP contribution in [-0.2, 0) is 4.79 Å². The van der Waals surface area contributed by atoms with Crippen LogP contribution in [0.2, 0.25) is 0 Å². The van der Waals surface area contributed by atoms with Gasteiger partial charge >= 0.3 is 0 Å². The van der Waals surface area contributed by atoms with E-state index in [-0.39, 0.29) is 11.4 Å². The fraction of sp³-hybridized carbons (Fsp3) is 0.909. The van der Waals surface area contributed by atoms with Crippen molar-refractivity contribution in [2.75, 3.05) is 32.7 Å². The molecule has 1 fully saturated rings. The minimum Gasteiger partial charge on any atom is -0.355 e. The third-order valence-corrected chi connectivity index (χ3v) is 3.00. The highest BCUT2D eigenvalue weighted by Gasteiger charge is 2.34. The van der Waals surface area contributed by atoms with Crippen molar-refractivity contribution in [3.05, 3.63) is 0 Å². The highest BCUT2D eigenvalue weighted by Crippen LogP contribution is 2.14. The monoisotopic (exact) mass is 213 g/mol. The average Bonchev–Trinajstić information content (AvgIpc) is 2.27. The fourth-order valence-corrected chi connectivity index (χ4v) is 1.82. The summed E-state index contributed by atoms with van der Waals surface area (Å²) >= 11 is 0. The third-order valence-electron chi connectivity index (χ3n) is 3.00. The summed E-state index contributed by atoms with van der Waals surface area (Å²) < 4.78 is 0. The molecule has 0 aromatic carbocycles. The van der Waals surface area contributed by atoms with E-state index >= 15 is 0 Å². The van der Waals surface area contributed by atoms with E-state index in [9.17, 15) is 4.79 Å². The second-order valence-electron chi connectivity index (χ2n) is 4.55. The average molecular weight is 213 g/mol. The lowest BCUT2D eigenvalue weighted by atomic mass is 10.0. The molecular formula is C11H23N3O. The molecule has 2 N–H and O–H groups in total. The van der Waals surface area contributed by atoms with Crippen molar-refractivity contribution in [1.29, 1.82) is 0 Å². The summed E-state index contributed by atoms with van der Waals surface area (Å²) in [6.07, 6.45) is 0.989. The second kappa shape index (κ2) is 5.47. The van der Waals surface area contributed by atoms with E-state index in [0.717, 1.165) is 39.1 Å². The lowest BCUT2D eigenvalue weighted by Gasteiger charge is -2.39. The van der Waals surface area contributed by atoms with Crippen LogP contribution < -0.4 is 10.6 Å². The van der Waals surface area contributed by atoms with E-state index in [1.54, 1.807) is 0 Å². The summed E-state index contributed by atoms with van der Waals surface area (Å²) in [6.45, 7) is 10.7. The van der Waals surface area contributed by atoms with Gasteiger partial charge in [0.2, 0.25) is 5.91 Å². The number of amides is 1. The highest BCUT2D eigenvalue weighted by atomic mass is 16.2. The number of hydrogen-bond donors (Lipinski definition) is 2. The van der Waals surface area contributed by atoms with Gasteiger partial charge in [-0.3, -0.25) is 9.69 Å². The van der Waals surface area contributed by atoms with Gasteiger partial charge in [-0.15, -0.1) is 0 Å². The number of nitrogens with one attached hydrogen (secondary N) is 2. The van der Waals surface area contributed by atoms with Crippen molar-refractivity contribution in [3.8, 4) is 0 Å². The topological polar surface area (TPSA) is 44.4 Å². The van der Waals surface area contributed by atoms with Gasteiger partial charge in [-0.25, -0.2) is 0 Å². The summed E-state index contributed by atoms with van der Waals surface area (Å²) in [5.74, 6) is 0.145. The Morgan fingerprint density at radius 1 is 1.40 bits per heavy atom. The van der Waals surface area contributed by atoms with Crippen LogP contribution in [0.1, 0.15) is 27.2 Å². The van der Waals surface area contributed by atoms with E-state index < -0.39 is 0 Å². The number of carbonyl (C=O) groups is 1. The number of piperazine rings is 1. The molecule has 1 amide bonds. The minimum atomic E-state index is -0.378. The van der Waals surface area contributed by atoms with Crippen LogP contribution in [0.4, 0.5) is 0 Å². The Morgan fingerprint density at radius 3 is 2.53 bits per heavy atom. The molecule has 0 aromatic heterocycles. The van der Waals surface area contributed by atoms with Crippen molar-refractivity contribution in [2.24, 2.45) is 0 Å². The fourth-order valence-electron chi connectivity index (χ4n) is 1.82. The van der Waals surface area contributed by atoms with Crippen LogP contribution in [0, 0.1) is 0 Å². The molecule has 88 valence electrons. The van der Waals surface area contributed by atoms with Crippen LogP contribution in [0.3, 0.4) is 0 Å². The van der Waals surface area contributed by atoms with Crippen molar-refractivity contribution in [3.63, 3.8) is 0 Å². The molecule has 0 saturated carbocycles. The quantitative estimate of drug-likeness (QED) is 0.701. The van der Waals surface area contributed by atoms with E-state index in [2.05, 4.69) is 22.5 Å². The van der Waals surface area contributed by atoms with Gasteiger partial charge in [-0.1, -0.05) is 6.92 Å². The molecule has 0 aromatic rings. The van der Waals surface area contributed by atoms with Gasteiger partial charge in [-0.2, -0.15) is 0 Å². The predicted octanol–water partition coefficient (Wildman–Crippen LogP) is 0.196. The first kappa shape index (κ1) is 12.5. The summed E-state index contributed by atoms with van der Waals surface area (Å²) in [5, 5.41) is 6.26. The van der Waals surface area contributed by atoms with E-state index in [1.807, 2.05) is 13.8 Å². The maximum Gasteiger partial charge on any atom is 0.239 e. The SMILES string of the molecule is CCCNC(=O)C(C)(C)N1CCNCC1. The first-order valence-corrected chi connectivity index (χ1v) is 5.83. The Labute approximate surface area is 92.4 Å². The van der Waals surface area contributed by atoms with Crippen molar-refractivity contribution >= 4 is 5.91 Å². The van der Waals surface area contributed by atoms with Gasteiger partial charge in [0.25, 0.3) is 0 Å².